The van der Waals surface area contributed by atoms with E-state index in [-0.39, 0.29) is 5.56 Å². The van der Waals surface area contributed by atoms with Gasteiger partial charge in [-0.25, -0.2) is 27.4 Å². The monoisotopic (exact) mass is 587 g/mol. The summed E-state index contributed by atoms with van der Waals surface area (Å²) in [4.78, 5) is 8.43. The van der Waals surface area contributed by atoms with Crippen molar-refractivity contribution in [1.29, 1.82) is 5.26 Å². The molecule has 2 aromatic heterocycles. The highest BCUT2D eigenvalue weighted by Crippen LogP contribution is 2.42. The number of hydrogen-bond donors (Lipinski definition) is 0. The van der Waals surface area contributed by atoms with Gasteiger partial charge in [0.25, 0.3) is 0 Å². The zero-order valence-corrected chi connectivity index (χ0v) is 22.5. The van der Waals surface area contributed by atoms with Crippen molar-refractivity contribution >= 4 is 50.1 Å². The Morgan fingerprint density at radius 3 is 2.02 bits per heavy atom. The summed E-state index contributed by atoms with van der Waals surface area (Å²) in [6.07, 6.45) is 0. The first-order chi connectivity index (χ1) is 20.9. The van der Waals surface area contributed by atoms with Crippen LogP contribution in [-0.4, -0.2) is 13.7 Å². The van der Waals surface area contributed by atoms with Gasteiger partial charge in [0, 0.05) is 21.7 Å². The van der Waals surface area contributed by atoms with E-state index in [0.29, 0.717) is 33.5 Å². The van der Waals surface area contributed by atoms with Gasteiger partial charge in [0.15, 0.2) is 29.0 Å². The SMILES string of the molecule is [C-]#[N+]c1ccc(-c2nc3ccccc3c3c2cc(-c2ccc(-c4c(F)c(F)c(C#N)c(F)c4F)cc2)c2nsnc23)cc1. The van der Waals surface area contributed by atoms with Gasteiger partial charge in [-0.15, -0.1) is 0 Å². The van der Waals surface area contributed by atoms with E-state index in [4.69, 9.17) is 16.8 Å². The molecule has 0 radical (unpaired) electrons. The maximum absolute atomic E-state index is 14.7. The second-order valence-corrected chi connectivity index (χ2v) is 10.2. The van der Waals surface area contributed by atoms with Gasteiger partial charge in [0.2, 0.25) is 0 Å². The number of pyridine rings is 1. The summed E-state index contributed by atoms with van der Waals surface area (Å²) in [5, 5.41) is 11.4. The molecular weight excluding hydrogens is 574 g/mol. The highest BCUT2D eigenvalue weighted by atomic mass is 32.1. The van der Waals surface area contributed by atoms with E-state index in [9.17, 15) is 17.6 Å². The lowest BCUT2D eigenvalue weighted by Crippen LogP contribution is -2.03. The number of benzene rings is 5. The zero-order chi connectivity index (χ0) is 29.8. The largest absolute Gasteiger partial charge is 0.247 e. The number of aromatic nitrogens is 3. The Kier molecular flexibility index (Phi) is 6.08. The molecular formula is C33H13F4N5S. The number of nitriles is 1. The fourth-order valence-corrected chi connectivity index (χ4v) is 5.86. The van der Waals surface area contributed by atoms with E-state index in [1.165, 1.54) is 12.1 Å². The molecule has 0 unspecified atom stereocenters. The van der Waals surface area contributed by atoms with E-state index in [0.717, 1.165) is 45.0 Å². The molecule has 0 aliphatic rings. The van der Waals surface area contributed by atoms with Gasteiger partial charge in [-0.3, -0.25) is 0 Å². The lowest BCUT2D eigenvalue weighted by atomic mass is 9.93. The van der Waals surface area contributed by atoms with E-state index < -0.39 is 34.4 Å². The van der Waals surface area contributed by atoms with Crippen molar-refractivity contribution in [1.82, 2.24) is 13.7 Å². The third-order valence-corrected chi connectivity index (χ3v) is 7.86. The van der Waals surface area contributed by atoms with Crippen molar-refractivity contribution in [3.8, 4) is 39.6 Å². The molecule has 0 amide bonds. The van der Waals surface area contributed by atoms with Crippen LogP contribution in [0.1, 0.15) is 5.56 Å². The standard InChI is InChI=1S/C33H13F4N5S/c1-39-19-12-10-18(11-13-19)31-22-14-21(32-33(42-43-41-32)26(22)20-4-2-3-5-24(20)40-31)16-6-8-17(9-7-16)25-29(36)27(34)23(15-38)28(35)30(25)37/h2-14H. The minimum atomic E-state index is -1.75. The summed E-state index contributed by atoms with van der Waals surface area (Å²) >= 11 is 1.04. The Morgan fingerprint density at radius 1 is 0.721 bits per heavy atom. The maximum Gasteiger partial charge on any atom is 0.187 e. The van der Waals surface area contributed by atoms with Gasteiger partial charge >= 0.3 is 0 Å². The van der Waals surface area contributed by atoms with Crippen LogP contribution >= 0.6 is 11.7 Å². The Balaban J connectivity index is 1.47. The highest BCUT2D eigenvalue weighted by Gasteiger charge is 2.26. The summed E-state index contributed by atoms with van der Waals surface area (Å²) in [7, 11) is 0. The van der Waals surface area contributed by atoms with E-state index >= 15 is 0 Å². The third kappa shape index (κ3) is 4.00. The van der Waals surface area contributed by atoms with E-state index in [1.807, 2.05) is 42.5 Å². The number of halogens is 4. The molecule has 0 atom stereocenters. The zero-order valence-electron chi connectivity index (χ0n) is 21.7. The first-order valence-electron chi connectivity index (χ1n) is 12.7. The van der Waals surface area contributed by atoms with Crippen LogP contribution in [-0.2, 0) is 0 Å². The van der Waals surface area contributed by atoms with Crippen LogP contribution in [0.15, 0.2) is 78.9 Å². The normalized spacial score (nSPS) is 11.2. The first-order valence-corrected chi connectivity index (χ1v) is 13.5. The van der Waals surface area contributed by atoms with Gasteiger partial charge in [0.05, 0.1) is 35.1 Å². The highest BCUT2D eigenvalue weighted by molar-refractivity contribution is 7.00. The minimum absolute atomic E-state index is 0.109. The molecule has 0 aliphatic carbocycles. The van der Waals surface area contributed by atoms with Crippen molar-refractivity contribution in [3.05, 3.63) is 119 Å². The molecule has 0 N–H and O–H groups in total. The summed E-state index contributed by atoms with van der Waals surface area (Å²) in [5.74, 6) is -6.79. The fraction of sp³-hybridized carbons (Fsp3) is 0. The molecule has 204 valence electrons. The lowest BCUT2D eigenvalue weighted by molar-refractivity contribution is 0.454. The Hall–Kier alpha value is -5.71. The summed E-state index contributed by atoms with van der Waals surface area (Å²) in [5.41, 5.74) is 2.92. The quantitative estimate of drug-likeness (QED) is 0.0894. The topological polar surface area (TPSA) is 66.8 Å². The predicted octanol–water partition coefficient (Wildman–Crippen LogP) is 9.37. The molecule has 0 saturated carbocycles. The maximum atomic E-state index is 14.7. The number of hydrogen-bond acceptors (Lipinski definition) is 5. The number of nitrogens with zero attached hydrogens (tertiary/aromatic N) is 5. The van der Waals surface area contributed by atoms with Crippen molar-refractivity contribution in [2.24, 2.45) is 0 Å². The van der Waals surface area contributed by atoms with Crippen LogP contribution in [0.3, 0.4) is 0 Å². The van der Waals surface area contributed by atoms with Gasteiger partial charge in [-0.2, -0.15) is 14.0 Å². The van der Waals surface area contributed by atoms with Gasteiger partial charge < -0.3 is 0 Å². The average molecular weight is 588 g/mol. The molecule has 0 fully saturated rings. The van der Waals surface area contributed by atoms with Crippen LogP contribution in [0.4, 0.5) is 23.2 Å². The first kappa shape index (κ1) is 26.2. The van der Waals surface area contributed by atoms with E-state index in [2.05, 4.69) is 13.6 Å². The van der Waals surface area contributed by atoms with E-state index in [1.54, 1.807) is 24.3 Å². The Labute approximate surface area is 245 Å². The molecule has 2 heterocycles. The number of rotatable bonds is 3. The Bertz CT molecular complexity index is 2320. The molecule has 7 rings (SSSR count). The predicted molar refractivity (Wildman–Crippen MR) is 157 cm³/mol. The molecule has 0 saturated heterocycles. The molecule has 7 aromatic rings. The van der Waals surface area contributed by atoms with Gasteiger partial charge in [0.1, 0.15) is 22.7 Å². The smallest absolute Gasteiger partial charge is 0.187 e. The third-order valence-electron chi connectivity index (χ3n) is 7.33. The summed E-state index contributed by atoms with van der Waals surface area (Å²) in [6, 6.07) is 23.7. The van der Waals surface area contributed by atoms with Crippen molar-refractivity contribution in [3.63, 3.8) is 0 Å². The van der Waals surface area contributed by atoms with Crippen molar-refractivity contribution < 1.29 is 17.6 Å². The summed E-state index contributed by atoms with van der Waals surface area (Å²) in [6.45, 7) is 7.29. The second-order valence-electron chi connectivity index (χ2n) is 9.64. The van der Waals surface area contributed by atoms with Crippen LogP contribution in [0, 0.1) is 41.2 Å². The molecule has 5 aromatic carbocycles. The second kappa shape index (κ2) is 9.98. The molecule has 0 bridgehead atoms. The van der Waals surface area contributed by atoms with Crippen LogP contribution in [0.25, 0.3) is 71.1 Å². The number of fused-ring (bicyclic) bond motifs is 5. The van der Waals surface area contributed by atoms with Crippen LogP contribution < -0.4 is 0 Å². The molecule has 0 aliphatic heterocycles. The summed E-state index contributed by atoms with van der Waals surface area (Å²) < 4.78 is 67.3. The molecule has 10 heteroatoms. The van der Waals surface area contributed by atoms with Gasteiger partial charge in [-0.05, 0) is 28.8 Å². The minimum Gasteiger partial charge on any atom is -0.247 e. The average Bonchev–Trinajstić information content (AvgIpc) is 3.54. The molecule has 5 nitrogen and oxygen atoms in total. The molecule has 43 heavy (non-hydrogen) atoms. The fourth-order valence-electron chi connectivity index (χ4n) is 5.30. The van der Waals surface area contributed by atoms with Crippen molar-refractivity contribution in [2.45, 2.75) is 0 Å². The number of para-hydroxylation sites is 1. The Morgan fingerprint density at radius 2 is 1.35 bits per heavy atom. The van der Waals surface area contributed by atoms with Crippen LogP contribution in [0.2, 0.25) is 0 Å². The molecule has 0 spiro atoms. The van der Waals surface area contributed by atoms with Crippen LogP contribution in [0.5, 0.6) is 0 Å². The van der Waals surface area contributed by atoms with Crippen molar-refractivity contribution in [2.75, 3.05) is 0 Å². The lowest BCUT2D eigenvalue weighted by Gasteiger charge is -2.14. The van der Waals surface area contributed by atoms with Gasteiger partial charge in [-0.1, -0.05) is 66.7 Å².